The Balaban J connectivity index is 2.77. The zero-order valence-electron chi connectivity index (χ0n) is 13.7. The van der Waals surface area contributed by atoms with Gasteiger partial charge in [-0.2, -0.15) is 0 Å². The van der Waals surface area contributed by atoms with Crippen molar-refractivity contribution in [2.75, 3.05) is 5.88 Å². The SMILES string of the molecule is CC(=CC=C(Cl)C(C)=CC=NOCc1c(F)c(F)c(F)c(F)c1F)CCl. The van der Waals surface area contributed by atoms with Gasteiger partial charge in [0.05, 0.1) is 11.8 Å². The molecule has 0 aliphatic heterocycles. The fraction of sp³-hybridized carbons (Fsp3) is 0.235. The highest BCUT2D eigenvalue weighted by atomic mass is 35.5. The van der Waals surface area contributed by atoms with Gasteiger partial charge in [-0.3, -0.25) is 0 Å². The lowest BCUT2D eigenvalue weighted by Gasteiger charge is -2.06. The van der Waals surface area contributed by atoms with Gasteiger partial charge in [-0.05, 0) is 31.6 Å². The summed E-state index contributed by atoms with van der Waals surface area (Å²) in [5, 5.41) is 3.76. The summed E-state index contributed by atoms with van der Waals surface area (Å²) in [5.74, 6) is -9.88. The number of benzene rings is 1. The van der Waals surface area contributed by atoms with Crippen LogP contribution in [-0.4, -0.2) is 12.1 Å². The third kappa shape index (κ3) is 5.85. The van der Waals surface area contributed by atoms with Gasteiger partial charge in [-0.25, -0.2) is 22.0 Å². The number of halogens is 7. The summed E-state index contributed by atoms with van der Waals surface area (Å²) < 4.78 is 65.8. The molecule has 0 radical (unpaired) electrons. The second-order valence-electron chi connectivity index (χ2n) is 5.09. The van der Waals surface area contributed by atoms with Gasteiger partial charge in [0.15, 0.2) is 23.3 Å². The Morgan fingerprint density at radius 1 is 0.923 bits per heavy atom. The lowest BCUT2D eigenvalue weighted by Crippen LogP contribution is -2.07. The van der Waals surface area contributed by atoms with Gasteiger partial charge >= 0.3 is 0 Å². The van der Waals surface area contributed by atoms with Crippen molar-refractivity contribution in [3.63, 3.8) is 0 Å². The summed E-state index contributed by atoms with van der Waals surface area (Å²) in [5.41, 5.74) is 0.380. The fourth-order valence-electron chi connectivity index (χ4n) is 1.54. The number of hydrogen-bond donors (Lipinski definition) is 0. The third-order valence-corrected chi connectivity index (χ3v) is 3.92. The van der Waals surface area contributed by atoms with Crippen molar-refractivity contribution in [2.24, 2.45) is 5.16 Å². The Morgan fingerprint density at radius 3 is 2.00 bits per heavy atom. The highest BCUT2D eigenvalue weighted by molar-refractivity contribution is 6.32. The molecule has 2 nitrogen and oxygen atoms in total. The molecule has 0 spiro atoms. The Morgan fingerprint density at radius 2 is 1.46 bits per heavy atom. The van der Waals surface area contributed by atoms with Gasteiger partial charge in [-0.1, -0.05) is 28.4 Å². The molecule has 0 unspecified atom stereocenters. The minimum Gasteiger partial charge on any atom is -0.391 e. The van der Waals surface area contributed by atoms with Crippen LogP contribution < -0.4 is 0 Å². The van der Waals surface area contributed by atoms with Crippen molar-refractivity contribution in [3.8, 4) is 0 Å². The molecule has 0 saturated heterocycles. The Bertz CT molecular complexity index is 759. The average Bonchev–Trinajstić information content (AvgIpc) is 2.64. The first-order valence-corrected chi connectivity index (χ1v) is 8.03. The molecular formula is C17H14Cl2F5NO. The van der Waals surface area contributed by atoms with Gasteiger partial charge in [0.2, 0.25) is 5.82 Å². The van der Waals surface area contributed by atoms with Crippen LogP contribution in [0.15, 0.2) is 39.6 Å². The predicted molar refractivity (Wildman–Crippen MR) is 91.7 cm³/mol. The lowest BCUT2D eigenvalue weighted by molar-refractivity contribution is 0.124. The van der Waals surface area contributed by atoms with E-state index in [1.807, 2.05) is 6.92 Å². The maximum Gasteiger partial charge on any atom is 0.200 e. The van der Waals surface area contributed by atoms with Crippen molar-refractivity contribution in [1.82, 2.24) is 0 Å². The molecule has 0 amide bonds. The highest BCUT2D eigenvalue weighted by Gasteiger charge is 2.25. The zero-order valence-corrected chi connectivity index (χ0v) is 15.2. The van der Waals surface area contributed by atoms with E-state index in [-0.39, 0.29) is 0 Å². The molecule has 0 atom stereocenters. The van der Waals surface area contributed by atoms with Crippen LogP contribution in [0.5, 0.6) is 0 Å². The molecule has 0 heterocycles. The van der Waals surface area contributed by atoms with Crippen molar-refractivity contribution in [2.45, 2.75) is 20.5 Å². The summed E-state index contributed by atoms with van der Waals surface area (Å²) >= 11 is 11.6. The fourth-order valence-corrected chi connectivity index (χ4v) is 1.75. The molecule has 26 heavy (non-hydrogen) atoms. The Kier molecular flexibility index (Phi) is 8.81. The predicted octanol–water partition coefficient (Wildman–Crippen LogP) is 6.14. The number of nitrogens with zero attached hydrogens (tertiary/aromatic N) is 1. The molecule has 9 heteroatoms. The second kappa shape index (κ2) is 10.3. The van der Waals surface area contributed by atoms with E-state index < -0.39 is 41.3 Å². The number of hydrogen-bond acceptors (Lipinski definition) is 2. The minimum absolute atomic E-state index is 0.358. The topological polar surface area (TPSA) is 21.6 Å². The van der Waals surface area contributed by atoms with E-state index in [0.717, 1.165) is 11.8 Å². The number of alkyl halides is 1. The Hall–Kier alpha value is -1.86. The molecule has 1 aromatic rings. The highest BCUT2D eigenvalue weighted by Crippen LogP contribution is 2.23. The van der Waals surface area contributed by atoms with E-state index in [1.165, 1.54) is 6.08 Å². The molecule has 0 fully saturated rings. The maximum absolute atomic E-state index is 13.4. The molecule has 142 valence electrons. The van der Waals surface area contributed by atoms with Gasteiger partial charge in [0.25, 0.3) is 0 Å². The monoisotopic (exact) mass is 413 g/mol. The molecule has 0 aromatic heterocycles. The number of rotatable bonds is 7. The number of oxime groups is 1. The van der Waals surface area contributed by atoms with Crippen LogP contribution in [0.1, 0.15) is 19.4 Å². The van der Waals surface area contributed by atoms with Crippen LogP contribution in [0.25, 0.3) is 0 Å². The summed E-state index contributed by atoms with van der Waals surface area (Å²) in [6.45, 7) is 2.55. The molecule has 1 aromatic carbocycles. The van der Waals surface area contributed by atoms with E-state index in [4.69, 9.17) is 23.2 Å². The van der Waals surface area contributed by atoms with Gasteiger partial charge < -0.3 is 4.84 Å². The maximum atomic E-state index is 13.4. The van der Waals surface area contributed by atoms with Gasteiger partial charge in [0.1, 0.15) is 6.61 Å². The van der Waals surface area contributed by atoms with E-state index in [2.05, 4.69) is 9.99 Å². The van der Waals surface area contributed by atoms with Crippen LogP contribution in [-0.2, 0) is 11.4 Å². The first-order valence-electron chi connectivity index (χ1n) is 7.12. The van der Waals surface area contributed by atoms with Crippen molar-refractivity contribution in [1.29, 1.82) is 0 Å². The van der Waals surface area contributed by atoms with Crippen LogP contribution in [0.4, 0.5) is 22.0 Å². The quantitative estimate of drug-likeness (QED) is 0.1000. The van der Waals surface area contributed by atoms with Crippen LogP contribution in [0.2, 0.25) is 0 Å². The summed E-state index contributed by atoms with van der Waals surface area (Å²) in [7, 11) is 0. The normalized spacial score (nSPS) is 13.7. The summed E-state index contributed by atoms with van der Waals surface area (Å²) in [6, 6.07) is 0. The van der Waals surface area contributed by atoms with E-state index >= 15 is 0 Å². The molecule has 0 aliphatic rings. The van der Waals surface area contributed by atoms with Gasteiger partial charge in [-0.15, -0.1) is 11.6 Å². The van der Waals surface area contributed by atoms with Crippen LogP contribution in [0.3, 0.4) is 0 Å². The molecule has 0 N–H and O–H groups in total. The Labute approximate surface area is 157 Å². The second-order valence-corrected chi connectivity index (χ2v) is 5.76. The number of allylic oxidation sites excluding steroid dienone is 6. The van der Waals surface area contributed by atoms with E-state index in [9.17, 15) is 22.0 Å². The molecule has 0 aliphatic carbocycles. The van der Waals surface area contributed by atoms with Crippen LogP contribution in [0, 0.1) is 29.1 Å². The zero-order chi connectivity index (χ0) is 19.9. The lowest BCUT2D eigenvalue weighted by atomic mass is 10.2. The van der Waals surface area contributed by atoms with Crippen molar-refractivity contribution in [3.05, 3.63) is 69.1 Å². The third-order valence-electron chi connectivity index (χ3n) is 3.07. The first-order chi connectivity index (χ1) is 12.2. The van der Waals surface area contributed by atoms with Crippen LogP contribution >= 0.6 is 23.2 Å². The average molecular weight is 414 g/mol. The molecule has 0 saturated carbocycles. The molecular weight excluding hydrogens is 400 g/mol. The van der Waals surface area contributed by atoms with E-state index in [0.29, 0.717) is 16.5 Å². The van der Waals surface area contributed by atoms with Crippen molar-refractivity contribution < 1.29 is 26.8 Å². The standard InChI is InChI=1S/C17H14Cl2F5NO/c1-9(7-18)3-4-12(19)10(2)5-6-25-26-8-11-13(20)15(22)17(24)16(23)14(11)21/h3-6H,7-8H2,1-2H3. The van der Waals surface area contributed by atoms with Crippen molar-refractivity contribution >= 4 is 29.4 Å². The first kappa shape index (κ1) is 22.2. The summed E-state index contributed by atoms with van der Waals surface area (Å²) in [4.78, 5) is 4.57. The van der Waals surface area contributed by atoms with E-state index in [1.54, 1.807) is 19.1 Å². The minimum atomic E-state index is -2.23. The smallest absolute Gasteiger partial charge is 0.200 e. The molecule has 0 bridgehead atoms. The van der Waals surface area contributed by atoms with Gasteiger partial charge in [0, 0.05) is 10.9 Å². The molecule has 1 rings (SSSR count). The summed E-state index contributed by atoms with van der Waals surface area (Å²) in [6.07, 6.45) is 5.90. The largest absolute Gasteiger partial charge is 0.391 e.